The Kier molecular flexibility index (Phi) is 4.37. The van der Waals surface area contributed by atoms with Gasteiger partial charge in [-0.3, -0.25) is 0 Å². The first kappa shape index (κ1) is 13.5. The van der Waals surface area contributed by atoms with E-state index in [1.54, 1.807) is 6.07 Å². The molecule has 4 nitrogen and oxygen atoms in total. The number of nitrogens with zero attached hydrogens (tertiary/aromatic N) is 2. The van der Waals surface area contributed by atoms with Gasteiger partial charge in [0.15, 0.2) is 0 Å². The zero-order valence-electron chi connectivity index (χ0n) is 10.1. The SMILES string of the molecule is CCNC(C)c1nnc(-c2ccc(Br)c(Cl)c2)o1. The quantitative estimate of drug-likeness (QED) is 0.926. The van der Waals surface area contributed by atoms with Crippen LogP contribution >= 0.6 is 27.5 Å². The molecule has 0 aliphatic carbocycles. The summed E-state index contributed by atoms with van der Waals surface area (Å²) in [4.78, 5) is 0. The third-order valence-electron chi connectivity index (χ3n) is 2.49. The van der Waals surface area contributed by atoms with Crippen molar-refractivity contribution < 1.29 is 4.42 Å². The highest BCUT2D eigenvalue weighted by Crippen LogP contribution is 2.28. The summed E-state index contributed by atoms with van der Waals surface area (Å²) in [5.74, 6) is 1.05. The van der Waals surface area contributed by atoms with Crippen LogP contribution in [0.4, 0.5) is 0 Å². The van der Waals surface area contributed by atoms with Crippen LogP contribution < -0.4 is 5.32 Å². The fourth-order valence-electron chi connectivity index (χ4n) is 1.55. The smallest absolute Gasteiger partial charge is 0.247 e. The molecule has 0 bridgehead atoms. The van der Waals surface area contributed by atoms with Crippen LogP contribution in [0.25, 0.3) is 11.5 Å². The molecule has 2 rings (SSSR count). The Morgan fingerprint density at radius 2 is 2.22 bits per heavy atom. The highest BCUT2D eigenvalue weighted by atomic mass is 79.9. The monoisotopic (exact) mass is 329 g/mol. The average Bonchev–Trinajstić information content (AvgIpc) is 2.82. The van der Waals surface area contributed by atoms with Gasteiger partial charge in [0.1, 0.15) is 0 Å². The van der Waals surface area contributed by atoms with Crippen LogP contribution in [0.5, 0.6) is 0 Å². The van der Waals surface area contributed by atoms with E-state index in [1.165, 1.54) is 0 Å². The summed E-state index contributed by atoms with van der Waals surface area (Å²) in [6.45, 7) is 4.86. The highest BCUT2D eigenvalue weighted by molar-refractivity contribution is 9.10. The number of hydrogen-bond donors (Lipinski definition) is 1. The molecule has 18 heavy (non-hydrogen) atoms. The maximum Gasteiger partial charge on any atom is 0.247 e. The van der Waals surface area contributed by atoms with Crippen LogP contribution in [-0.4, -0.2) is 16.7 Å². The molecule has 2 aromatic rings. The van der Waals surface area contributed by atoms with Gasteiger partial charge in [-0.25, -0.2) is 0 Å². The zero-order valence-corrected chi connectivity index (χ0v) is 12.4. The van der Waals surface area contributed by atoms with E-state index < -0.39 is 0 Å². The Hall–Kier alpha value is -0.910. The first-order chi connectivity index (χ1) is 8.61. The second-order valence-electron chi connectivity index (χ2n) is 3.85. The maximum absolute atomic E-state index is 6.03. The van der Waals surface area contributed by atoms with Crippen LogP contribution in [0.2, 0.25) is 5.02 Å². The van der Waals surface area contributed by atoms with Crippen molar-refractivity contribution in [2.24, 2.45) is 0 Å². The number of halogens is 2. The molecule has 0 aliphatic rings. The van der Waals surface area contributed by atoms with E-state index in [0.29, 0.717) is 16.8 Å². The number of rotatable bonds is 4. The third kappa shape index (κ3) is 2.91. The molecule has 0 saturated carbocycles. The van der Waals surface area contributed by atoms with Gasteiger partial charge in [-0.05, 0) is 47.6 Å². The van der Waals surface area contributed by atoms with Gasteiger partial charge in [-0.1, -0.05) is 18.5 Å². The largest absolute Gasteiger partial charge is 0.419 e. The minimum absolute atomic E-state index is 0.0437. The molecule has 96 valence electrons. The predicted octanol–water partition coefficient (Wildman–Crippen LogP) is 3.82. The topological polar surface area (TPSA) is 51.0 Å². The zero-order chi connectivity index (χ0) is 13.1. The van der Waals surface area contributed by atoms with Crippen LogP contribution in [0.3, 0.4) is 0 Å². The van der Waals surface area contributed by atoms with Crippen molar-refractivity contribution in [2.75, 3.05) is 6.54 Å². The molecule has 1 heterocycles. The Bertz CT molecular complexity index is 544. The molecular weight excluding hydrogens is 318 g/mol. The summed E-state index contributed by atoms with van der Waals surface area (Å²) in [5, 5.41) is 11.9. The molecule has 1 N–H and O–H groups in total. The van der Waals surface area contributed by atoms with Crippen molar-refractivity contribution in [3.63, 3.8) is 0 Å². The minimum atomic E-state index is 0.0437. The number of nitrogens with one attached hydrogen (secondary N) is 1. The van der Waals surface area contributed by atoms with Gasteiger partial charge in [0.05, 0.1) is 11.1 Å². The van der Waals surface area contributed by atoms with E-state index in [9.17, 15) is 0 Å². The van der Waals surface area contributed by atoms with Gasteiger partial charge in [-0.2, -0.15) is 0 Å². The summed E-state index contributed by atoms with van der Waals surface area (Å²) >= 11 is 9.38. The van der Waals surface area contributed by atoms with E-state index in [1.807, 2.05) is 26.0 Å². The second kappa shape index (κ2) is 5.82. The summed E-state index contributed by atoms with van der Waals surface area (Å²) in [7, 11) is 0. The van der Waals surface area contributed by atoms with Crippen LogP contribution in [0.15, 0.2) is 27.1 Å². The first-order valence-corrected chi connectivity index (χ1v) is 6.81. The molecule has 1 atom stereocenters. The van der Waals surface area contributed by atoms with Crippen LogP contribution in [0.1, 0.15) is 25.8 Å². The predicted molar refractivity (Wildman–Crippen MR) is 74.5 cm³/mol. The van der Waals surface area contributed by atoms with Gasteiger partial charge < -0.3 is 9.73 Å². The molecule has 0 amide bonds. The fourth-order valence-corrected chi connectivity index (χ4v) is 1.98. The normalized spacial score (nSPS) is 12.7. The van der Waals surface area contributed by atoms with Gasteiger partial charge >= 0.3 is 0 Å². The van der Waals surface area contributed by atoms with Crippen molar-refractivity contribution in [3.05, 3.63) is 33.6 Å². The summed E-state index contributed by atoms with van der Waals surface area (Å²) in [6.07, 6.45) is 0. The minimum Gasteiger partial charge on any atom is -0.419 e. The molecule has 6 heteroatoms. The van der Waals surface area contributed by atoms with Gasteiger partial charge in [-0.15, -0.1) is 10.2 Å². The Morgan fingerprint density at radius 3 is 2.89 bits per heavy atom. The van der Waals surface area contributed by atoms with E-state index in [0.717, 1.165) is 16.6 Å². The van der Waals surface area contributed by atoms with Gasteiger partial charge in [0, 0.05) is 10.0 Å². The lowest BCUT2D eigenvalue weighted by Crippen LogP contribution is -2.17. The second-order valence-corrected chi connectivity index (χ2v) is 5.12. The summed E-state index contributed by atoms with van der Waals surface area (Å²) in [5.41, 5.74) is 0.811. The Labute approximate surface area is 119 Å². The molecule has 0 aliphatic heterocycles. The number of aromatic nitrogens is 2. The highest BCUT2D eigenvalue weighted by Gasteiger charge is 2.14. The van der Waals surface area contributed by atoms with E-state index in [-0.39, 0.29) is 6.04 Å². The standard InChI is InChI=1S/C12H13BrClN3O/c1-3-15-7(2)11-16-17-12(18-11)8-4-5-9(13)10(14)6-8/h4-7,15H,3H2,1-2H3. The Balaban J connectivity index is 2.26. The van der Waals surface area contributed by atoms with Gasteiger partial charge in [0.2, 0.25) is 11.8 Å². The summed E-state index contributed by atoms with van der Waals surface area (Å²) < 4.78 is 6.46. The molecular formula is C12H13BrClN3O. The Morgan fingerprint density at radius 1 is 1.44 bits per heavy atom. The number of benzene rings is 1. The average molecular weight is 331 g/mol. The lowest BCUT2D eigenvalue weighted by atomic mass is 10.2. The summed E-state index contributed by atoms with van der Waals surface area (Å²) in [6, 6.07) is 5.57. The molecule has 0 radical (unpaired) electrons. The maximum atomic E-state index is 6.03. The van der Waals surface area contributed by atoms with E-state index >= 15 is 0 Å². The van der Waals surface area contributed by atoms with Crippen LogP contribution in [0, 0.1) is 0 Å². The fraction of sp³-hybridized carbons (Fsp3) is 0.333. The molecule has 1 aromatic carbocycles. The van der Waals surface area contributed by atoms with Crippen molar-refractivity contribution in [1.29, 1.82) is 0 Å². The molecule has 1 unspecified atom stereocenters. The molecule has 0 spiro atoms. The van der Waals surface area contributed by atoms with E-state index in [2.05, 4.69) is 31.4 Å². The molecule has 1 aromatic heterocycles. The lowest BCUT2D eigenvalue weighted by Gasteiger charge is -2.05. The van der Waals surface area contributed by atoms with Crippen molar-refractivity contribution in [1.82, 2.24) is 15.5 Å². The van der Waals surface area contributed by atoms with Crippen LogP contribution in [-0.2, 0) is 0 Å². The molecule has 0 saturated heterocycles. The lowest BCUT2D eigenvalue weighted by molar-refractivity contribution is 0.429. The van der Waals surface area contributed by atoms with E-state index in [4.69, 9.17) is 16.0 Å². The number of hydrogen-bond acceptors (Lipinski definition) is 4. The van der Waals surface area contributed by atoms with Crippen molar-refractivity contribution in [2.45, 2.75) is 19.9 Å². The van der Waals surface area contributed by atoms with Gasteiger partial charge in [0.25, 0.3) is 0 Å². The molecule has 0 fully saturated rings. The van der Waals surface area contributed by atoms with Crippen molar-refractivity contribution >= 4 is 27.5 Å². The first-order valence-electron chi connectivity index (χ1n) is 5.64. The van der Waals surface area contributed by atoms with Crippen molar-refractivity contribution in [3.8, 4) is 11.5 Å². The third-order valence-corrected chi connectivity index (χ3v) is 3.72.